The summed E-state index contributed by atoms with van der Waals surface area (Å²) >= 11 is 2.05. The Morgan fingerprint density at radius 3 is 2.15 bits per heavy atom. The summed E-state index contributed by atoms with van der Waals surface area (Å²) in [5.74, 6) is 1.09. The molecule has 2 aromatic rings. The summed E-state index contributed by atoms with van der Waals surface area (Å²) in [7, 11) is 0. The van der Waals surface area contributed by atoms with Gasteiger partial charge in [-0.25, -0.2) is 0 Å². The van der Waals surface area contributed by atoms with Gasteiger partial charge in [-0.2, -0.15) is 0 Å². The minimum atomic E-state index is 0.594. The van der Waals surface area contributed by atoms with Gasteiger partial charge in [-0.05, 0) is 43.9 Å². The van der Waals surface area contributed by atoms with Crippen molar-refractivity contribution in [1.82, 2.24) is 0 Å². The minimum absolute atomic E-state index is 0.594. The largest absolute Gasteiger partial charge is 0.149 e. The molecule has 0 saturated carbocycles. The third-order valence-corrected chi connectivity index (χ3v) is 5.20. The second-order valence-corrected chi connectivity index (χ2v) is 6.74. The molecule has 0 bridgehead atoms. The molecule has 20 heavy (non-hydrogen) atoms. The third-order valence-electron chi connectivity index (χ3n) is 3.71. The predicted octanol–water partition coefficient (Wildman–Crippen LogP) is 6.00. The van der Waals surface area contributed by atoms with Crippen LogP contribution >= 0.6 is 11.8 Å². The van der Waals surface area contributed by atoms with Gasteiger partial charge < -0.3 is 0 Å². The molecule has 2 aromatic carbocycles. The van der Waals surface area contributed by atoms with E-state index in [1.165, 1.54) is 34.2 Å². The molecule has 1 atom stereocenters. The van der Waals surface area contributed by atoms with Crippen molar-refractivity contribution in [3.8, 4) is 0 Å². The van der Waals surface area contributed by atoms with E-state index in [4.69, 9.17) is 0 Å². The van der Waals surface area contributed by atoms with Gasteiger partial charge in [0.15, 0.2) is 0 Å². The molecule has 0 nitrogen and oxygen atoms in total. The number of benzene rings is 2. The average molecular weight is 284 g/mol. The molecule has 0 fully saturated rings. The first-order chi connectivity index (χ1) is 9.60. The lowest BCUT2D eigenvalue weighted by Crippen LogP contribution is -1.97. The van der Waals surface area contributed by atoms with Crippen molar-refractivity contribution in [2.24, 2.45) is 0 Å². The van der Waals surface area contributed by atoms with Crippen molar-refractivity contribution in [3.63, 3.8) is 0 Å². The van der Waals surface area contributed by atoms with Crippen molar-refractivity contribution in [2.75, 3.05) is 0 Å². The van der Waals surface area contributed by atoms with Crippen molar-refractivity contribution in [1.29, 1.82) is 0 Å². The first-order valence-electron chi connectivity index (χ1n) is 7.34. The lowest BCUT2D eigenvalue weighted by Gasteiger charge is -2.18. The molecular formula is C19H24S. The highest BCUT2D eigenvalue weighted by molar-refractivity contribution is 7.98. The Labute approximate surface area is 127 Å². The summed E-state index contributed by atoms with van der Waals surface area (Å²) in [4.78, 5) is 0. The molecule has 1 unspecified atom stereocenters. The van der Waals surface area contributed by atoms with Crippen molar-refractivity contribution in [3.05, 3.63) is 70.3 Å². The Morgan fingerprint density at radius 2 is 1.55 bits per heavy atom. The third kappa shape index (κ3) is 3.89. The first-order valence-corrected chi connectivity index (χ1v) is 8.39. The Bertz CT molecular complexity index is 554. The molecule has 0 aliphatic heterocycles. The van der Waals surface area contributed by atoms with Gasteiger partial charge in [0.05, 0.1) is 0 Å². The smallest absolute Gasteiger partial charge is 0.0300 e. The van der Waals surface area contributed by atoms with Gasteiger partial charge in [0, 0.05) is 11.0 Å². The molecule has 0 N–H and O–H groups in total. The molecule has 0 radical (unpaired) electrons. The van der Waals surface area contributed by atoms with Gasteiger partial charge in [0.1, 0.15) is 0 Å². The first kappa shape index (κ1) is 15.2. The van der Waals surface area contributed by atoms with Crippen LogP contribution in [-0.4, -0.2) is 0 Å². The Balaban J connectivity index is 2.07. The van der Waals surface area contributed by atoms with Gasteiger partial charge in [0.25, 0.3) is 0 Å². The number of hydrogen-bond donors (Lipinski definition) is 0. The van der Waals surface area contributed by atoms with E-state index in [2.05, 4.69) is 81.9 Å². The second-order valence-electron chi connectivity index (χ2n) is 5.55. The maximum absolute atomic E-state index is 2.31. The number of hydrogen-bond acceptors (Lipinski definition) is 1. The Hall–Kier alpha value is -1.21. The van der Waals surface area contributed by atoms with Crippen molar-refractivity contribution < 1.29 is 0 Å². The highest BCUT2D eigenvalue weighted by Gasteiger charge is 2.12. The highest BCUT2D eigenvalue weighted by atomic mass is 32.2. The van der Waals surface area contributed by atoms with Gasteiger partial charge in [-0.1, -0.05) is 60.5 Å². The number of aryl methyl sites for hydroxylation is 3. The lowest BCUT2D eigenvalue weighted by molar-refractivity contribution is 0.885. The Kier molecular flexibility index (Phi) is 5.31. The van der Waals surface area contributed by atoms with Crippen LogP contribution in [-0.2, 0) is 5.75 Å². The van der Waals surface area contributed by atoms with Crippen LogP contribution in [0.5, 0.6) is 0 Å². The highest BCUT2D eigenvalue weighted by Crippen LogP contribution is 2.36. The fourth-order valence-electron chi connectivity index (χ4n) is 2.50. The van der Waals surface area contributed by atoms with E-state index in [1.807, 2.05) is 0 Å². The maximum Gasteiger partial charge on any atom is 0.0300 e. The topological polar surface area (TPSA) is 0 Å². The van der Waals surface area contributed by atoms with Crippen LogP contribution < -0.4 is 0 Å². The van der Waals surface area contributed by atoms with Crippen LogP contribution in [0.25, 0.3) is 0 Å². The minimum Gasteiger partial charge on any atom is -0.149 e. The molecule has 2 rings (SSSR count). The Morgan fingerprint density at radius 1 is 0.900 bits per heavy atom. The summed E-state index contributed by atoms with van der Waals surface area (Å²) in [6, 6.07) is 15.7. The lowest BCUT2D eigenvalue weighted by atomic mass is 10.0. The SMILES string of the molecule is CCC(SCc1ccc(C)cc1)c1ccc(C)cc1C. The molecule has 0 aliphatic carbocycles. The van der Waals surface area contributed by atoms with E-state index in [0.29, 0.717) is 5.25 Å². The van der Waals surface area contributed by atoms with Crippen molar-refractivity contribution in [2.45, 2.75) is 45.1 Å². The molecule has 0 aromatic heterocycles. The van der Waals surface area contributed by atoms with E-state index < -0.39 is 0 Å². The average Bonchev–Trinajstić information content (AvgIpc) is 2.43. The standard InChI is InChI=1S/C19H24S/c1-5-19(18-11-8-15(3)12-16(18)4)20-13-17-9-6-14(2)7-10-17/h6-12,19H,5,13H2,1-4H3. The van der Waals surface area contributed by atoms with Crippen LogP contribution in [0.15, 0.2) is 42.5 Å². The van der Waals surface area contributed by atoms with Crippen LogP contribution in [0.3, 0.4) is 0 Å². The van der Waals surface area contributed by atoms with E-state index in [-0.39, 0.29) is 0 Å². The summed E-state index contributed by atoms with van der Waals surface area (Å²) in [6.45, 7) is 8.82. The summed E-state index contributed by atoms with van der Waals surface area (Å²) in [6.07, 6.45) is 1.18. The van der Waals surface area contributed by atoms with Crippen molar-refractivity contribution >= 4 is 11.8 Å². The summed E-state index contributed by atoms with van der Waals surface area (Å²) in [5.41, 5.74) is 7.03. The van der Waals surface area contributed by atoms with E-state index in [0.717, 1.165) is 5.75 Å². The van der Waals surface area contributed by atoms with Crippen LogP contribution in [0, 0.1) is 20.8 Å². The normalized spacial score (nSPS) is 12.4. The molecule has 0 aliphatic rings. The van der Waals surface area contributed by atoms with E-state index in [9.17, 15) is 0 Å². The summed E-state index contributed by atoms with van der Waals surface area (Å²) < 4.78 is 0. The predicted molar refractivity (Wildman–Crippen MR) is 91.4 cm³/mol. The number of thioether (sulfide) groups is 1. The van der Waals surface area contributed by atoms with E-state index in [1.54, 1.807) is 0 Å². The van der Waals surface area contributed by atoms with Gasteiger partial charge >= 0.3 is 0 Å². The zero-order valence-corrected chi connectivity index (χ0v) is 13.8. The van der Waals surface area contributed by atoms with Gasteiger partial charge in [0.2, 0.25) is 0 Å². The molecule has 1 heteroatoms. The zero-order valence-electron chi connectivity index (χ0n) is 12.9. The van der Waals surface area contributed by atoms with Crippen LogP contribution in [0.4, 0.5) is 0 Å². The molecular weight excluding hydrogens is 260 g/mol. The molecule has 0 heterocycles. The quantitative estimate of drug-likeness (QED) is 0.649. The second kappa shape index (κ2) is 6.99. The molecule has 0 spiro atoms. The summed E-state index contributed by atoms with van der Waals surface area (Å²) in [5, 5.41) is 0.594. The number of rotatable bonds is 5. The van der Waals surface area contributed by atoms with Crippen LogP contribution in [0.1, 0.15) is 46.4 Å². The van der Waals surface area contributed by atoms with Gasteiger partial charge in [-0.3, -0.25) is 0 Å². The fourth-order valence-corrected chi connectivity index (χ4v) is 3.76. The molecule has 0 saturated heterocycles. The molecule has 0 amide bonds. The van der Waals surface area contributed by atoms with Gasteiger partial charge in [-0.15, -0.1) is 11.8 Å². The monoisotopic (exact) mass is 284 g/mol. The van der Waals surface area contributed by atoms with Crippen LogP contribution in [0.2, 0.25) is 0 Å². The maximum atomic E-state index is 2.31. The fraction of sp³-hybridized carbons (Fsp3) is 0.368. The zero-order chi connectivity index (χ0) is 14.5. The molecule has 106 valence electrons. The van der Waals surface area contributed by atoms with E-state index >= 15 is 0 Å².